The summed E-state index contributed by atoms with van der Waals surface area (Å²) in [5.74, 6) is 0.572. The highest BCUT2D eigenvalue weighted by Crippen LogP contribution is 2.64. The van der Waals surface area contributed by atoms with E-state index in [1.54, 1.807) is 24.5 Å². The first-order valence-electron chi connectivity index (χ1n) is 10.3. The molecule has 1 N–H and O–H groups in total. The first-order chi connectivity index (χ1) is 14.1. The Bertz CT molecular complexity index is 1050. The average Bonchev–Trinajstić information content (AvgIpc) is 3.30. The van der Waals surface area contributed by atoms with Crippen LogP contribution in [-0.4, -0.2) is 35.1 Å². The van der Waals surface area contributed by atoms with E-state index in [0.717, 1.165) is 6.42 Å². The van der Waals surface area contributed by atoms with Crippen LogP contribution < -0.4 is 4.72 Å². The van der Waals surface area contributed by atoms with E-state index in [0.29, 0.717) is 24.2 Å². The number of nitrogens with zero attached hydrogens (tertiary/aromatic N) is 3. The number of hydrogen-bond donors (Lipinski definition) is 1. The highest BCUT2D eigenvalue weighted by molar-refractivity contribution is 7.89. The lowest BCUT2D eigenvalue weighted by Crippen LogP contribution is -2.46. The van der Waals surface area contributed by atoms with Crippen LogP contribution in [0.25, 0.3) is 11.4 Å². The van der Waals surface area contributed by atoms with Gasteiger partial charge in [-0.1, -0.05) is 32.9 Å². The van der Waals surface area contributed by atoms with Crippen LogP contribution >= 0.6 is 0 Å². The van der Waals surface area contributed by atoms with E-state index in [-0.39, 0.29) is 34.7 Å². The van der Waals surface area contributed by atoms with E-state index < -0.39 is 21.5 Å². The Kier molecular flexibility index (Phi) is 5.09. The van der Waals surface area contributed by atoms with Crippen LogP contribution in [0.15, 0.2) is 29.0 Å². The molecular formula is C21H28N4O4S. The van der Waals surface area contributed by atoms with Crippen LogP contribution in [0.2, 0.25) is 0 Å². The minimum atomic E-state index is -3.77. The van der Waals surface area contributed by atoms with Gasteiger partial charge in [0, 0.05) is 29.8 Å². The van der Waals surface area contributed by atoms with Crippen molar-refractivity contribution in [1.82, 2.24) is 19.8 Å². The Hall–Kier alpha value is -2.13. The summed E-state index contributed by atoms with van der Waals surface area (Å²) in [6, 6.07) is 2.89. The van der Waals surface area contributed by atoms with Gasteiger partial charge in [0.05, 0.1) is 5.75 Å². The fourth-order valence-electron chi connectivity index (χ4n) is 5.11. The van der Waals surface area contributed by atoms with Gasteiger partial charge in [0.25, 0.3) is 0 Å². The van der Waals surface area contributed by atoms with Gasteiger partial charge in [-0.05, 0) is 42.2 Å². The van der Waals surface area contributed by atoms with Crippen LogP contribution in [0.1, 0.15) is 58.9 Å². The highest BCUT2D eigenvalue weighted by Gasteiger charge is 2.65. The molecule has 4 rings (SSSR count). The molecule has 0 amide bonds. The van der Waals surface area contributed by atoms with Crippen molar-refractivity contribution in [3.8, 4) is 11.4 Å². The SMILES string of the molecule is CC(C)C(NS(=O)(=O)CC12CCC(CC1=O)C2(C)C)c1nc(-c2cccnc2)no1. The van der Waals surface area contributed by atoms with E-state index in [9.17, 15) is 13.2 Å². The maximum atomic E-state index is 13.2. The minimum Gasteiger partial charge on any atom is -0.337 e. The van der Waals surface area contributed by atoms with E-state index >= 15 is 0 Å². The number of rotatable bonds is 7. The molecule has 2 aliphatic rings. The minimum absolute atomic E-state index is 0.0758. The topological polar surface area (TPSA) is 115 Å². The Balaban J connectivity index is 1.58. The number of fused-ring (bicyclic) bond motifs is 2. The Morgan fingerprint density at radius 3 is 2.67 bits per heavy atom. The van der Waals surface area contributed by atoms with Crippen molar-refractivity contribution < 1.29 is 17.7 Å². The number of Topliss-reactive ketones (excluding diaryl/α,β-unsaturated/α-hetero) is 1. The van der Waals surface area contributed by atoms with E-state index in [1.807, 2.05) is 27.7 Å². The molecule has 162 valence electrons. The van der Waals surface area contributed by atoms with Gasteiger partial charge in [0.15, 0.2) is 0 Å². The molecular weight excluding hydrogens is 404 g/mol. The Morgan fingerprint density at radius 1 is 1.33 bits per heavy atom. The average molecular weight is 433 g/mol. The summed E-state index contributed by atoms with van der Waals surface area (Å²) in [6.07, 6.45) is 5.28. The zero-order chi connectivity index (χ0) is 21.7. The molecule has 0 aliphatic heterocycles. The smallest absolute Gasteiger partial charge is 0.245 e. The second-order valence-electron chi connectivity index (χ2n) is 9.46. The molecule has 3 unspecified atom stereocenters. The van der Waals surface area contributed by atoms with Crippen LogP contribution in [0.3, 0.4) is 0 Å². The van der Waals surface area contributed by atoms with Crippen molar-refractivity contribution in [3.05, 3.63) is 30.4 Å². The van der Waals surface area contributed by atoms with Crippen molar-refractivity contribution in [2.24, 2.45) is 22.7 Å². The predicted molar refractivity (Wildman–Crippen MR) is 111 cm³/mol. The van der Waals surface area contributed by atoms with Gasteiger partial charge < -0.3 is 4.52 Å². The molecule has 0 aromatic carbocycles. The summed E-state index contributed by atoms with van der Waals surface area (Å²) in [5.41, 5.74) is -0.447. The molecule has 2 aliphatic carbocycles. The van der Waals surface area contributed by atoms with Gasteiger partial charge in [-0.15, -0.1) is 0 Å². The van der Waals surface area contributed by atoms with Crippen molar-refractivity contribution in [2.45, 2.75) is 53.0 Å². The summed E-state index contributed by atoms with van der Waals surface area (Å²) in [5, 5.41) is 3.98. The number of sulfonamides is 1. The first kappa shape index (κ1) is 21.1. The van der Waals surface area contributed by atoms with Crippen LogP contribution in [0.5, 0.6) is 0 Å². The molecule has 3 atom stereocenters. The number of hydrogen-bond acceptors (Lipinski definition) is 7. The van der Waals surface area contributed by atoms with E-state index in [4.69, 9.17) is 4.52 Å². The lowest BCUT2D eigenvalue weighted by molar-refractivity contribution is -0.128. The lowest BCUT2D eigenvalue weighted by atomic mass is 9.70. The largest absolute Gasteiger partial charge is 0.337 e. The Labute approximate surface area is 176 Å². The third-order valence-electron chi connectivity index (χ3n) is 7.18. The van der Waals surface area contributed by atoms with Gasteiger partial charge in [-0.25, -0.2) is 13.1 Å². The van der Waals surface area contributed by atoms with Crippen molar-refractivity contribution in [1.29, 1.82) is 0 Å². The normalized spacial score (nSPS) is 26.4. The maximum Gasteiger partial charge on any atom is 0.245 e. The molecule has 2 aromatic rings. The summed E-state index contributed by atoms with van der Waals surface area (Å²) in [4.78, 5) is 21.2. The molecule has 2 aromatic heterocycles. The van der Waals surface area contributed by atoms with Gasteiger partial charge in [0.2, 0.25) is 21.7 Å². The second-order valence-corrected chi connectivity index (χ2v) is 11.2. The van der Waals surface area contributed by atoms with Crippen molar-refractivity contribution in [3.63, 3.8) is 0 Å². The molecule has 2 bridgehead atoms. The van der Waals surface area contributed by atoms with Crippen LogP contribution in [0, 0.1) is 22.7 Å². The molecule has 0 radical (unpaired) electrons. The summed E-state index contributed by atoms with van der Waals surface area (Å²) >= 11 is 0. The molecule has 9 heteroatoms. The third kappa shape index (κ3) is 3.37. The predicted octanol–water partition coefficient (Wildman–Crippen LogP) is 3.14. The molecule has 2 heterocycles. The highest BCUT2D eigenvalue weighted by atomic mass is 32.2. The monoisotopic (exact) mass is 432 g/mol. The fraction of sp³-hybridized carbons (Fsp3) is 0.619. The number of nitrogens with one attached hydrogen (secondary N) is 1. The number of aromatic nitrogens is 3. The van der Waals surface area contributed by atoms with E-state index in [2.05, 4.69) is 19.8 Å². The summed E-state index contributed by atoms with van der Waals surface area (Å²) in [7, 11) is -3.77. The van der Waals surface area contributed by atoms with Crippen molar-refractivity contribution >= 4 is 15.8 Å². The number of carbonyl (C=O) groups is 1. The van der Waals surface area contributed by atoms with E-state index in [1.165, 1.54) is 0 Å². The third-order valence-corrected chi connectivity index (χ3v) is 8.66. The molecule has 30 heavy (non-hydrogen) atoms. The maximum absolute atomic E-state index is 13.2. The quantitative estimate of drug-likeness (QED) is 0.714. The number of carbonyl (C=O) groups excluding carboxylic acids is 1. The van der Waals surface area contributed by atoms with Gasteiger partial charge in [-0.2, -0.15) is 4.98 Å². The first-order valence-corrected chi connectivity index (χ1v) is 12.0. The molecule has 0 spiro atoms. The van der Waals surface area contributed by atoms with Crippen LogP contribution in [-0.2, 0) is 14.8 Å². The van der Waals surface area contributed by atoms with Crippen molar-refractivity contribution in [2.75, 3.05) is 5.75 Å². The zero-order valence-corrected chi connectivity index (χ0v) is 18.6. The summed E-state index contributed by atoms with van der Waals surface area (Å²) < 4.78 is 34.6. The number of pyridine rings is 1. The fourth-order valence-corrected chi connectivity index (χ4v) is 7.28. The number of ketones is 1. The van der Waals surface area contributed by atoms with Gasteiger partial charge >= 0.3 is 0 Å². The molecule has 2 saturated carbocycles. The standard InChI is InChI=1S/C21H28N4O4S/c1-13(2)17(19-23-18(24-29-19)14-6-5-9-22-11-14)25-30(27,28)12-21-8-7-15(10-16(21)26)20(21,3)4/h5-6,9,11,13,15,17,25H,7-8,10,12H2,1-4H3. The summed E-state index contributed by atoms with van der Waals surface area (Å²) in [6.45, 7) is 7.83. The van der Waals surface area contributed by atoms with Gasteiger partial charge in [-0.3, -0.25) is 9.78 Å². The zero-order valence-electron chi connectivity index (χ0n) is 17.8. The second kappa shape index (κ2) is 7.23. The molecule has 0 saturated heterocycles. The molecule has 2 fully saturated rings. The lowest BCUT2D eigenvalue weighted by Gasteiger charge is -2.36. The Morgan fingerprint density at radius 2 is 2.10 bits per heavy atom. The molecule has 8 nitrogen and oxygen atoms in total. The van der Waals surface area contributed by atoms with Crippen LogP contribution in [0.4, 0.5) is 0 Å². The van der Waals surface area contributed by atoms with Gasteiger partial charge in [0.1, 0.15) is 11.8 Å².